The summed E-state index contributed by atoms with van der Waals surface area (Å²) in [5.74, 6) is 1.58. The molecule has 0 fully saturated rings. The Balaban J connectivity index is 1.50. The summed E-state index contributed by atoms with van der Waals surface area (Å²) in [7, 11) is 0. The first kappa shape index (κ1) is 15.4. The number of ether oxygens (including phenoxy) is 2. The third kappa shape index (κ3) is 4.47. The van der Waals surface area contributed by atoms with Gasteiger partial charge in [-0.25, -0.2) is 0 Å². The molecule has 0 spiro atoms. The van der Waals surface area contributed by atoms with Gasteiger partial charge in [-0.2, -0.15) is 0 Å². The molecule has 0 unspecified atom stereocenters. The van der Waals surface area contributed by atoms with E-state index in [1.165, 1.54) is 0 Å². The van der Waals surface area contributed by atoms with Gasteiger partial charge >= 0.3 is 0 Å². The second-order valence-electron chi connectivity index (χ2n) is 5.31. The molecule has 3 rings (SSSR count). The van der Waals surface area contributed by atoms with Crippen LogP contribution in [-0.4, -0.2) is 25.7 Å². The molecule has 1 amide bonds. The average Bonchev–Trinajstić information content (AvgIpc) is 2.81. The van der Waals surface area contributed by atoms with Gasteiger partial charge in [0.25, 0.3) is 0 Å². The van der Waals surface area contributed by atoms with Gasteiger partial charge in [-0.05, 0) is 30.3 Å². The molecule has 0 saturated heterocycles. The maximum Gasteiger partial charge on any atom is 0.227 e. The highest BCUT2D eigenvalue weighted by Gasteiger charge is 2.10. The van der Waals surface area contributed by atoms with Crippen LogP contribution in [0.1, 0.15) is 12.0 Å². The quantitative estimate of drug-likeness (QED) is 0.891. The fraction of sp³-hybridized carbons (Fsp3) is 0.278. The van der Waals surface area contributed by atoms with Crippen molar-refractivity contribution in [3.63, 3.8) is 0 Å². The van der Waals surface area contributed by atoms with Crippen LogP contribution in [0.5, 0.6) is 11.5 Å². The normalized spacial score (nSPS) is 13.4. The summed E-state index contributed by atoms with van der Waals surface area (Å²) in [6.45, 7) is 2.59. The Morgan fingerprint density at radius 2 is 2.09 bits per heavy atom. The van der Waals surface area contributed by atoms with Crippen molar-refractivity contribution in [2.75, 3.05) is 25.1 Å². The number of nitrogens with one attached hydrogen (secondary N) is 2. The lowest BCUT2D eigenvalue weighted by molar-refractivity contribution is -0.116. The fourth-order valence-corrected chi connectivity index (χ4v) is 2.39. The van der Waals surface area contributed by atoms with Crippen molar-refractivity contribution in [2.24, 2.45) is 0 Å². The minimum absolute atomic E-state index is 0.0663. The van der Waals surface area contributed by atoms with Gasteiger partial charge in [-0.3, -0.25) is 4.79 Å². The number of fused-ring (bicyclic) bond motifs is 1. The molecule has 0 aliphatic carbocycles. The molecule has 0 atom stereocenters. The molecular formula is C18H20N2O3. The summed E-state index contributed by atoms with van der Waals surface area (Å²) in [5.41, 5.74) is 1.83. The zero-order valence-corrected chi connectivity index (χ0v) is 12.9. The molecule has 0 aromatic heterocycles. The van der Waals surface area contributed by atoms with Crippen molar-refractivity contribution in [2.45, 2.75) is 13.0 Å². The van der Waals surface area contributed by atoms with E-state index in [9.17, 15) is 4.79 Å². The number of anilines is 1. The number of rotatable bonds is 5. The van der Waals surface area contributed by atoms with Crippen LogP contribution < -0.4 is 20.1 Å². The van der Waals surface area contributed by atoms with Crippen molar-refractivity contribution in [3.8, 4) is 11.5 Å². The number of carbonyl (C=O) groups is 1. The SMILES string of the molecule is O=C(CCOc1ccccc1)Nc1ccc2c(c1)CNCCO2. The van der Waals surface area contributed by atoms with Gasteiger partial charge in [0.2, 0.25) is 5.91 Å². The van der Waals surface area contributed by atoms with E-state index in [4.69, 9.17) is 9.47 Å². The Labute approximate surface area is 135 Å². The lowest BCUT2D eigenvalue weighted by atomic mass is 10.1. The third-order valence-electron chi connectivity index (χ3n) is 3.54. The molecule has 0 saturated carbocycles. The van der Waals surface area contributed by atoms with Gasteiger partial charge in [0.05, 0.1) is 13.0 Å². The van der Waals surface area contributed by atoms with Gasteiger partial charge in [-0.1, -0.05) is 18.2 Å². The van der Waals surface area contributed by atoms with E-state index >= 15 is 0 Å². The van der Waals surface area contributed by atoms with E-state index in [0.29, 0.717) is 19.6 Å². The van der Waals surface area contributed by atoms with E-state index in [-0.39, 0.29) is 5.91 Å². The van der Waals surface area contributed by atoms with Crippen molar-refractivity contribution in [1.29, 1.82) is 0 Å². The first-order valence-electron chi connectivity index (χ1n) is 7.75. The Morgan fingerprint density at radius 3 is 2.96 bits per heavy atom. The Hall–Kier alpha value is -2.53. The minimum Gasteiger partial charge on any atom is -0.493 e. The standard InChI is InChI=1S/C18H20N2O3/c21-18(8-10-22-16-4-2-1-3-5-16)20-15-6-7-17-14(12-15)13-19-9-11-23-17/h1-7,12,19H,8-11,13H2,(H,20,21). The van der Waals surface area contributed by atoms with E-state index in [0.717, 1.165) is 35.8 Å². The molecule has 23 heavy (non-hydrogen) atoms. The van der Waals surface area contributed by atoms with Crippen molar-refractivity contribution in [3.05, 3.63) is 54.1 Å². The van der Waals surface area contributed by atoms with E-state index in [1.807, 2.05) is 48.5 Å². The Kier molecular flexibility index (Phi) is 5.11. The largest absolute Gasteiger partial charge is 0.493 e. The molecule has 2 N–H and O–H groups in total. The number of amides is 1. The summed E-state index contributed by atoms with van der Waals surface area (Å²) in [4.78, 5) is 12.0. The Morgan fingerprint density at radius 1 is 1.22 bits per heavy atom. The van der Waals surface area contributed by atoms with Crippen LogP contribution in [-0.2, 0) is 11.3 Å². The number of para-hydroxylation sites is 1. The van der Waals surface area contributed by atoms with Crippen LogP contribution in [0.2, 0.25) is 0 Å². The van der Waals surface area contributed by atoms with E-state index in [2.05, 4.69) is 10.6 Å². The molecular weight excluding hydrogens is 292 g/mol. The number of carbonyl (C=O) groups excluding carboxylic acids is 1. The maximum absolute atomic E-state index is 12.0. The number of hydrogen-bond acceptors (Lipinski definition) is 4. The summed E-state index contributed by atoms with van der Waals surface area (Å²) in [6, 6.07) is 15.2. The van der Waals surface area contributed by atoms with Gasteiger partial charge in [0.15, 0.2) is 0 Å². The average molecular weight is 312 g/mol. The van der Waals surface area contributed by atoms with Gasteiger partial charge < -0.3 is 20.1 Å². The van der Waals surface area contributed by atoms with Crippen molar-refractivity contribution >= 4 is 11.6 Å². The van der Waals surface area contributed by atoms with Crippen LogP contribution in [0.3, 0.4) is 0 Å². The summed E-state index contributed by atoms with van der Waals surface area (Å²) < 4.78 is 11.2. The predicted octanol–water partition coefficient (Wildman–Crippen LogP) is 2.58. The van der Waals surface area contributed by atoms with Crippen LogP contribution >= 0.6 is 0 Å². The lowest BCUT2D eigenvalue weighted by Crippen LogP contribution is -2.16. The topological polar surface area (TPSA) is 59.6 Å². The molecule has 5 heteroatoms. The minimum atomic E-state index is -0.0663. The van der Waals surface area contributed by atoms with Gasteiger partial charge in [0.1, 0.15) is 18.1 Å². The van der Waals surface area contributed by atoms with Gasteiger partial charge in [0, 0.05) is 24.3 Å². The highest BCUT2D eigenvalue weighted by molar-refractivity contribution is 5.91. The number of hydrogen-bond donors (Lipinski definition) is 2. The molecule has 120 valence electrons. The smallest absolute Gasteiger partial charge is 0.227 e. The third-order valence-corrected chi connectivity index (χ3v) is 3.54. The summed E-state index contributed by atoms with van der Waals surface area (Å²) in [5, 5.41) is 6.18. The van der Waals surface area contributed by atoms with E-state index in [1.54, 1.807) is 0 Å². The molecule has 2 aromatic rings. The molecule has 1 aliphatic heterocycles. The first-order chi connectivity index (χ1) is 11.3. The summed E-state index contributed by atoms with van der Waals surface area (Å²) >= 11 is 0. The highest BCUT2D eigenvalue weighted by atomic mass is 16.5. The molecule has 2 aromatic carbocycles. The van der Waals surface area contributed by atoms with Crippen LogP contribution in [0.25, 0.3) is 0 Å². The fourth-order valence-electron chi connectivity index (χ4n) is 2.39. The monoisotopic (exact) mass is 312 g/mol. The lowest BCUT2D eigenvalue weighted by Gasteiger charge is -2.10. The van der Waals surface area contributed by atoms with Crippen LogP contribution in [0.4, 0.5) is 5.69 Å². The van der Waals surface area contributed by atoms with E-state index < -0.39 is 0 Å². The van der Waals surface area contributed by atoms with Crippen LogP contribution in [0, 0.1) is 0 Å². The maximum atomic E-state index is 12.0. The molecule has 1 heterocycles. The van der Waals surface area contributed by atoms with Crippen molar-refractivity contribution < 1.29 is 14.3 Å². The zero-order chi connectivity index (χ0) is 15.9. The molecule has 0 bridgehead atoms. The number of benzene rings is 2. The summed E-state index contributed by atoms with van der Waals surface area (Å²) in [6.07, 6.45) is 0.306. The highest BCUT2D eigenvalue weighted by Crippen LogP contribution is 2.24. The molecule has 1 aliphatic rings. The second kappa shape index (κ2) is 7.65. The Bertz CT molecular complexity index is 659. The van der Waals surface area contributed by atoms with Crippen molar-refractivity contribution in [1.82, 2.24) is 5.32 Å². The first-order valence-corrected chi connectivity index (χ1v) is 7.75. The predicted molar refractivity (Wildman–Crippen MR) is 88.8 cm³/mol. The molecule has 0 radical (unpaired) electrons. The zero-order valence-electron chi connectivity index (χ0n) is 12.9. The van der Waals surface area contributed by atoms with Crippen LogP contribution in [0.15, 0.2) is 48.5 Å². The van der Waals surface area contributed by atoms with Gasteiger partial charge in [-0.15, -0.1) is 0 Å². The molecule has 5 nitrogen and oxygen atoms in total. The second-order valence-corrected chi connectivity index (χ2v) is 5.31.